The zero-order chi connectivity index (χ0) is 14.2. The van der Waals surface area contributed by atoms with Crippen molar-refractivity contribution in [2.24, 2.45) is 5.92 Å². The SMILES string of the molecule is CC1CN(C(=O)c2ccc(O)c(Cl)c2)CC1N(C)C. The highest BCUT2D eigenvalue weighted by Gasteiger charge is 2.33. The summed E-state index contributed by atoms with van der Waals surface area (Å²) in [4.78, 5) is 16.4. The molecule has 1 heterocycles. The number of phenols is 1. The first-order valence-corrected chi connectivity index (χ1v) is 6.72. The molecule has 1 amide bonds. The maximum absolute atomic E-state index is 12.4. The predicted octanol–water partition coefficient (Wildman–Crippen LogP) is 2.07. The van der Waals surface area contributed by atoms with Crippen molar-refractivity contribution in [1.82, 2.24) is 9.80 Å². The van der Waals surface area contributed by atoms with Crippen LogP contribution in [0.3, 0.4) is 0 Å². The van der Waals surface area contributed by atoms with Gasteiger partial charge in [-0.25, -0.2) is 0 Å². The Balaban J connectivity index is 2.15. The van der Waals surface area contributed by atoms with Gasteiger partial charge in [0.25, 0.3) is 5.91 Å². The number of hydrogen-bond acceptors (Lipinski definition) is 3. The molecule has 0 aliphatic carbocycles. The topological polar surface area (TPSA) is 43.8 Å². The Morgan fingerprint density at radius 2 is 2.11 bits per heavy atom. The third kappa shape index (κ3) is 2.85. The van der Waals surface area contributed by atoms with E-state index in [1.54, 1.807) is 6.07 Å². The lowest BCUT2D eigenvalue weighted by atomic mass is 10.1. The fourth-order valence-electron chi connectivity index (χ4n) is 2.61. The van der Waals surface area contributed by atoms with Crippen LogP contribution in [0, 0.1) is 5.92 Å². The van der Waals surface area contributed by atoms with E-state index in [1.807, 2.05) is 19.0 Å². The zero-order valence-electron chi connectivity index (χ0n) is 11.4. The van der Waals surface area contributed by atoms with Crippen LogP contribution in [0.2, 0.25) is 5.02 Å². The number of benzene rings is 1. The van der Waals surface area contributed by atoms with Crippen molar-refractivity contribution in [3.05, 3.63) is 28.8 Å². The molecule has 1 saturated heterocycles. The molecule has 0 aromatic heterocycles. The largest absolute Gasteiger partial charge is 0.506 e. The van der Waals surface area contributed by atoms with Gasteiger partial charge >= 0.3 is 0 Å². The van der Waals surface area contributed by atoms with Crippen LogP contribution in [0.4, 0.5) is 0 Å². The number of likely N-dealkylation sites (tertiary alicyclic amines) is 1. The highest BCUT2D eigenvalue weighted by molar-refractivity contribution is 6.32. The molecule has 0 bridgehead atoms. The number of hydrogen-bond donors (Lipinski definition) is 1. The third-order valence-electron chi connectivity index (χ3n) is 3.72. The standard InChI is InChI=1S/C14H19ClN2O2/c1-9-7-17(8-12(9)16(2)3)14(19)10-4-5-13(18)11(15)6-10/h4-6,9,12,18H,7-8H2,1-3H3. The van der Waals surface area contributed by atoms with Crippen LogP contribution in [0.15, 0.2) is 18.2 Å². The summed E-state index contributed by atoms with van der Waals surface area (Å²) in [6, 6.07) is 4.97. The quantitative estimate of drug-likeness (QED) is 0.903. The van der Waals surface area contributed by atoms with Crippen LogP contribution in [0.25, 0.3) is 0 Å². The van der Waals surface area contributed by atoms with Gasteiger partial charge in [-0.05, 0) is 38.2 Å². The second-order valence-corrected chi connectivity index (χ2v) is 5.79. The molecule has 1 aliphatic rings. The first kappa shape index (κ1) is 14.2. The summed E-state index contributed by atoms with van der Waals surface area (Å²) in [7, 11) is 4.07. The number of rotatable bonds is 2. The number of likely N-dealkylation sites (N-methyl/N-ethyl adjacent to an activating group) is 1. The van der Waals surface area contributed by atoms with Crippen molar-refractivity contribution in [3.63, 3.8) is 0 Å². The van der Waals surface area contributed by atoms with Gasteiger partial charge in [-0.1, -0.05) is 18.5 Å². The van der Waals surface area contributed by atoms with Gasteiger partial charge in [0.15, 0.2) is 0 Å². The Morgan fingerprint density at radius 1 is 1.42 bits per heavy atom. The minimum atomic E-state index is -0.0295. The molecule has 1 aromatic carbocycles. The molecular weight excluding hydrogens is 264 g/mol. The summed E-state index contributed by atoms with van der Waals surface area (Å²) >= 11 is 5.84. The molecule has 2 atom stereocenters. The van der Waals surface area contributed by atoms with Crippen LogP contribution >= 0.6 is 11.6 Å². The summed E-state index contributed by atoms with van der Waals surface area (Å²) in [6.45, 7) is 3.63. The molecule has 0 radical (unpaired) electrons. The van der Waals surface area contributed by atoms with Crippen LogP contribution < -0.4 is 0 Å². The summed E-state index contributed by atoms with van der Waals surface area (Å²) < 4.78 is 0. The minimum absolute atomic E-state index is 0.000764. The fourth-order valence-corrected chi connectivity index (χ4v) is 2.79. The first-order valence-electron chi connectivity index (χ1n) is 6.34. The van der Waals surface area contributed by atoms with Crippen molar-refractivity contribution in [3.8, 4) is 5.75 Å². The van der Waals surface area contributed by atoms with Gasteiger partial charge in [-0.3, -0.25) is 4.79 Å². The second-order valence-electron chi connectivity index (χ2n) is 5.38. The maximum atomic E-state index is 12.4. The van der Waals surface area contributed by atoms with E-state index in [1.165, 1.54) is 12.1 Å². The molecule has 5 heteroatoms. The molecular formula is C14H19ClN2O2. The van der Waals surface area contributed by atoms with E-state index in [0.29, 0.717) is 17.5 Å². The van der Waals surface area contributed by atoms with Crippen molar-refractivity contribution in [2.45, 2.75) is 13.0 Å². The maximum Gasteiger partial charge on any atom is 0.253 e. The molecule has 1 aromatic rings. The van der Waals surface area contributed by atoms with Crippen LogP contribution in [0.5, 0.6) is 5.75 Å². The van der Waals surface area contributed by atoms with Crippen molar-refractivity contribution < 1.29 is 9.90 Å². The molecule has 19 heavy (non-hydrogen) atoms. The number of halogens is 1. The summed E-state index contributed by atoms with van der Waals surface area (Å²) in [5.74, 6) is 0.420. The van der Waals surface area contributed by atoms with E-state index < -0.39 is 0 Å². The molecule has 2 unspecified atom stereocenters. The minimum Gasteiger partial charge on any atom is -0.506 e. The zero-order valence-corrected chi connectivity index (χ0v) is 12.2. The van der Waals surface area contributed by atoms with Gasteiger partial charge in [-0.2, -0.15) is 0 Å². The van der Waals surface area contributed by atoms with Gasteiger partial charge < -0.3 is 14.9 Å². The highest BCUT2D eigenvalue weighted by Crippen LogP contribution is 2.26. The van der Waals surface area contributed by atoms with E-state index in [9.17, 15) is 9.90 Å². The number of carbonyl (C=O) groups excluding carboxylic acids is 1. The van der Waals surface area contributed by atoms with E-state index in [2.05, 4.69) is 11.8 Å². The molecule has 2 rings (SSSR count). The van der Waals surface area contributed by atoms with E-state index in [4.69, 9.17) is 11.6 Å². The van der Waals surface area contributed by atoms with Gasteiger partial charge in [0, 0.05) is 24.7 Å². The van der Waals surface area contributed by atoms with Gasteiger partial charge in [0.05, 0.1) is 5.02 Å². The normalized spacial score (nSPS) is 23.1. The lowest BCUT2D eigenvalue weighted by Crippen LogP contribution is -2.35. The van der Waals surface area contributed by atoms with Crippen molar-refractivity contribution in [1.29, 1.82) is 0 Å². The van der Waals surface area contributed by atoms with Gasteiger partial charge in [-0.15, -0.1) is 0 Å². The average molecular weight is 283 g/mol. The predicted molar refractivity (Wildman–Crippen MR) is 75.7 cm³/mol. The Bertz CT molecular complexity index is 490. The Labute approximate surface area is 118 Å². The average Bonchev–Trinajstić information content (AvgIpc) is 2.74. The highest BCUT2D eigenvalue weighted by atomic mass is 35.5. The molecule has 0 saturated carbocycles. The van der Waals surface area contributed by atoms with E-state index in [-0.39, 0.29) is 16.7 Å². The molecule has 0 spiro atoms. The Morgan fingerprint density at radius 3 is 2.63 bits per heavy atom. The number of amides is 1. The lowest BCUT2D eigenvalue weighted by molar-refractivity contribution is 0.0781. The smallest absolute Gasteiger partial charge is 0.253 e. The summed E-state index contributed by atoms with van der Waals surface area (Å²) in [5, 5.41) is 9.59. The van der Waals surface area contributed by atoms with Gasteiger partial charge in [0.1, 0.15) is 5.75 Å². The van der Waals surface area contributed by atoms with Crippen LogP contribution in [-0.4, -0.2) is 54.0 Å². The van der Waals surface area contributed by atoms with Crippen molar-refractivity contribution in [2.75, 3.05) is 27.2 Å². The third-order valence-corrected chi connectivity index (χ3v) is 4.02. The summed E-state index contributed by atoms with van der Waals surface area (Å²) in [6.07, 6.45) is 0. The fraction of sp³-hybridized carbons (Fsp3) is 0.500. The molecule has 104 valence electrons. The van der Waals surface area contributed by atoms with E-state index >= 15 is 0 Å². The number of nitrogens with zero attached hydrogens (tertiary/aromatic N) is 2. The molecule has 1 aliphatic heterocycles. The number of carbonyl (C=O) groups is 1. The van der Waals surface area contributed by atoms with Gasteiger partial charge in [0.2, 0.25) is 0 Å². The van der Waals surface area contributed by atoms with Crippen LogP contribution in [0.1, 0.15) is 17.3 Å². The van der Waals surface area contributed by atoms with Crippen molar-refractivity contribution >= 4 is 17.5 Å². The Hall–Kier alpha value is -1.26. The monoisotopic (exact) mass is 282 g/mol. The molecule has 1 fully saturated rings. The first-order chi connectivity index (χ1) is 8.90. The number of aromatic hydroxyl groups is 1. The lowest BCUT2D eigenvalue weighted by Gasteiger charge is -2.22. The number of phenolic OH excluding ortho intramolecular Hbond substituents is 1. The van der Waals surface area contributed by atoms with Crippen LogP contribution in [-0.2, 0) is 0 Å². The Kier molecular flexibility index (Phi) is 4.02. The second kappa shape index (κ2) is 5.39. The summed E-state index contributed by atoms with van der Waals surface area (Å²) in [5.41, 5.74) is 0.523. The molecule has 1 N–H and O–H groups in total. The molecule has 4 nitrogen and oxygen atoms in total. The van der Waals surface area contributed by atoms with E-state index in [0.717, 1.165) is 13.1 Å².